The lowest BCUT2D eigenvalue weighted by Gasteiger charge is -2.01. The molecule has 0 fully saturated rings. The van der Waals surface area contributed by atoms with E-state index in [0.717, 1.165) is 5.56 Å². The Kier molecular flexibility index (Phi) is 4.21. The highest BCUT2D eigenvalue weighted by molar-refractivity contribution is 6.30. The van der Waals surface area contributed by atoms with Gasteiger partial charge in [0.15, 0.2) is 12.4 Å². The second-order valence-electron chi connectivity index (χ2n) is 4.63. The highest BCUT2D eigenvalue weighted by Crippen LogP contribution is 2.21. The maximum Gasteiger partial charge on any atom is 0.338 e. The molecule has 0 saturated carbocycles. The normalized spacial score (nSPS) is 10.4. The van der Waals surface area contributed by atoms with E-state index in [-0.39, 0.29) is 6.61 Å². The lowest BCUT2D eigenvalue weighted by molar-refractivity contribution is 0.0437. The molecule has 1 heterocycles. The van der Waals surface area contributed by atoms with Crippen molar-refractivity contribution in [2.45, 2.75) is 6.61 Å². The van der Waals surface area contributed by atoms with E-state index in [1.165, 1.54) is 0 Å². The van der Waals surface area contributed by atoms with Crippen molar-refractivity contribution in [3.63, 3.8) is 0 Å². The molecule has 2 aromatic carbocycles. The Bertz CT molecular complexity index is 766. The standard InChI is InChI=1S/C17H12ClNO3/c18-14-8-6-12(7-9-14)16-10-15(22-19-16)11-21-17(20)13-4-2-1-3-5-13/h1-10H,11H2. The predicted molar refractivity (Wildman–Crippen MR) is 82.5 cm³/mol. The molecular formula is C17H12ClNO3. The van der Waals surface area contributed by atoms with Crippen molar-refractivity contribution in [1.82, 2.24) is 5.16 Å². The Morgan fingerprint density at radius 3 is 2.55 bits per heavy atom. The van der Waals surface area contributed by atoms with Crippen LogP contribution in [0.25, 0.3) is 11.3 Å². The summed E-state index contributed by atoms with van der Waals surface area (Å²) in [6.07, 6.45) is 0. The van der Waals surface area contributed by atoms with Crippen LogP contribution in [0.1, 0.15) is 16.1 Å². The first kappa shape index (κ1) is 14.4. The van der Waals surface area contributed by atoms with Gasteiger partial charge in [-0.05, 0) is 24.3 Å². The zero-order valence-corrected chi connectivity index (χ0v) is 12.3. The molecule has 110 valence electrons. The minimum absolute atomic E-state index is 0.0360. The van der Waals surface area contributed by atoms with Gasteiger partial charge in [0, 0.05) is 16.7 Å². The van der Waals surface area contributed by atoms with Crippen molar-refractivity contribution >= 4 is 17.6 Å². The van der Waals surface area contributed by atoms with Crippen LogP contribution in [-0.2, 0) is 11.3 Å². The number of halogens is 1. The third-order valence-corrected chi connectivity index (χ3v) is 3.31. The average Bonchev–Trinajstić information content (AvgIpc) is 3.03. The number of carbonyl (C=O) groups excluding carboxylic acids is 1. The summed E-state index contributed by atoms with van der Waals surface area (Å²) in [5, 5.41) is 4.61. The molecule has 22 heavy (non-hydrogen) atoms. The molecule has 0 saturated heterocycles. The van der Waals surface area contributed by atoms with Gasteiger partial charge in [0.25, 0.3) is 0 Å². The Hall–Kier alpha value is -2.59. The van der Waals surface area contributed by atoms with Gasteiger partial charge in [-0.3, -0.25) is 0 Å². The molecule has 0 radical (unpaired) electrons. The van der Waals surface area contributed by atoms with Crippen molar-refractivity contribution < 1.29 is 14.1 Å². The van der Waals surface area contributed by atoms with Gasteiger partial charge < -0.3 is 9.26 Å². The Labute approximate surface area is 132 Å². The number of hydrogen-bond acceptors (Lipinski definition) is 4. The number of esters is 1. The number of carbonyl (C=O) groups is 1. The maximum atomic E-state index is 11.8. The zero-order chi connectivity index (χ0) is 15.4. The molecule has 1 aromatic heterocycles. The van der Waals surface area contributed by atoms with E-state index in [2.05, 4.69) is 5.16 Å². The third kappa shape index (κ3) is 3.35. The molecule has 0 N–H and O–H groups in total. The number of rotatable bonds is 4. The molecule has 3 aromatic rings. The average molecular weight is 314 g/mol. The smallest absolute Gasteiger partial charge is 0.338 e. The lowest BCUT2D eigenvalue weighted by atomic mass is 10.1. The molecule has 0 aliphatic rings. The lowest BCUT2D eigenvalue weighted by Crippen LogP contribution is -2.04. The highest BCUT2D eigenvalue weighted by Gasteiger charge is 2.10. The summed E-state index contributed by atoms with van der Waals surface area (Å²) >= 11 is 5.85. The fraction of sp³-hybridized carbons (Fsp3) is 0.0588. The molecule has 4 nitrogen and oxygen atoms in total. The molecule has 0 aliphatic carbocycles. The molecule has 0 spiro atoms. The summed E-state index contributed by atoms with van der Waals surface area (Å²) in [7, 11) is 0. The molecule has 0 atom stereocenters. The number of ether oxygens (including phenoxy) is 1. The van der Waals surface area contributed by atoms with Crippen molar-refractivity contribution in [2.24, 2.45) is 0 Å². The van der Waals surface area contributed by atoms with Crippen LogP contribution in [0.2, 0.25) is 5.02 Å². The topological polar surface area (TPSA) is 52.3 Å². The largest absolute Gasteiger partial charge is 0.454 e. The van der Waals surface area contributed by atoms with Gasteiger partial charge in [0.2, 0.25) is 0 Å². The van der Waals surface area contributed by atoms with E-state index < -0.39 is 5.97 Å². The zero-order valence-electron chi connectivity index (χ0n) is 11.5. The van der Waals surface area contributed by atoms with Gasteiger partial charge in [-0.2, -0.15) is 0 Å². The minimum Gasteiger partial charge on any atom is -0.454 e. The second-order valence-corrected chi connectivity index (χ2v) is 5.06. The van der Waals surface area contributed by atoms with Gasteiger partial charge in [-0.25, -0.2) is 4.79 Å². The quantitative estimate of drug-likeness (QED) is 0.672. The molecule has 0 aliphatic heterocycles. The monoisotopic (exact) mass is 313 g/mol. The molecular weight excluding hydrogens is 302 g/mol. The van der Waals surface area contributed by atoms with Gasteiger partial charge in [0.1, 0.15) is 5.69 Å². The molecule has 3 rings (SSSR count). The van der Waals surface area contributed by atoms with E-state index in [1.807, 2.05) is 18.2 Å². The SMILES string of the molecule is O=C(OCc1cc(-c2ccc(Cl)cc2)no1)c1ccccc1. The van der Waals surface area contributed by atoms with E-state index in [0.29, 0.717) is 22.0 Å². The molecule has 5 heteroatoms. The van der Waals surface area contributed by atoms with Crippen LogP contribution in [0, 0.1) is 0 Å². The van der Waals surface area contributed by atoms with E-state index in [1.54, 1.807) is 42.5 Å². The van der Waals surface area contributed by atoms with Crippen LogP contribution < -0.4 is 0 Å². The van der Waals surface area contributed by atoms with Crippen molar-refractivity contribution in [2.75, 3.05) is 0 Å². The number of benzene rings is 2. The number of aromatic nitrogens is 1. The third-order valence-electron chi connectivity index (χ3n) is 3.05. The van der Waals surface area contributed by atoms with Gasteiger partial charge in [0.05, 0.1) is 5.56 Å². The summed E-state index contributed by atoms with van der Waals surface area (Å²) < 4.78 is 10.4. The molecule has 0 bridgehead atoms. The highest BCUT2D eigenvalue weighted by atomic mass is 35.5. The van der Waals surface area contributed by atoms with Crippen LogP contribution in [0.3, 0.4) is 0 Å². The van der Waals surface area contributed by atoms with Crippen molar-refractivity contribution in [3.8, 4) is 11.3 Å². The van der Waals surface area contributed by atoms with E-state index in [4.69, 9.17) is 20.9 Å². The Morgan fingerprint density at radius 1 is 1.09 bits per heavy atom. The van der Waals surface area contributed by atoms with Crippen LogP contribution in [0.5, 0.6) is 0 Å². The predicted octanol–water partition coefficient (Wildman–Crippen LogP) is 4.35. The Balaban J connectivity index is 1.65. The first-order valence-corrected chi connectivity index (χ1v) is 7.04. The first-order chi connectivity index (χ1) is 10.7. The Morgan fingerprint density at radius 2 is 1.82 bits per heavy atom. The molecule has 0 unspecified atom stereocenters. The summed E-state index contributed by atoms with van der Waals surface area (Å²) in [5.74, 6) is 0.0827. The second kappa shape index (κ2) is 6.45. The molecule has 0 amide bonds. The van der Waals surface area contributed by atoms with Gasteiger partial charge >= 0.3 is 5.97 Å². The summed E-state index contributed by atoms with van der Waals surface area (Å²) in [6.45, 7) is 0.0360. The van der Waals surface area contributed by atoms with Gasteiger partial charge in [-0.15, -0.1) is 0 Å². The fourth-order valence-corrected chi connectivity index (χ4v) is 2.06. The van der Waals surface area contributed by atoms with Crippen LogP contribution in [0.15, 0.2) is 65.2 Å². The summed E-state index contributed by atoms with van der Waals surface area (Å²) in [6, 6.07) is 17.8. The van der Waals surface area contributed by atoms with Crippen LogP contribution in [-0.4, -0.2) is 11.1 Å². The number of hydrogen-bond donors (Lipinski definition) is 0. The van der Waals surface area contributed by atoms with Crippen LogP contribution in [0.4, 0.5) is 0 Å². The summed E-state index contributed by atoms with van der Waals surface area (Å²) in [5.41, 5.74) is 2.05. The van der Waals surface area contributed by atoms with E-state index >= 15 is 0 Å². The summed E-state index contributed by atoms with van der Waals surface area (Å²) in [4.78, 5) is 11.8. The van der Waals surface area contributed by atoms with E-state index in [9.17, 15) is 4.79 Å². The first-order valence-electron chi connectivity index (χ1n) is 6.66. The van der Waals surface area contributed by atoms with Crippen molar-refractivity contribution in [3.05, 3.63) is 77.0 Å². The van der Waals surface area contributed by atoms with Crippen LogP contribution >= 0.6 is 11.6 Å². The van der Waals surface area contributed by atoms with Gasteiger partial charge in [-0.1, -0.05) is 47.1 Å². The van der Waals surface area contributed by atoms with Crippen molar-refractivity contribution in [1.29, 1.82) is 0 Å². The fourth-order valence-electron chi connectivity index (χ4n) is 1.93. The number of nitrogens with zero attached hydrogens (tertiary/aromatic N) is 1. The maximum absolute atomic E-state index is 11.8. The minimum atomic E-state index is -0.398.